The van der Waals surface area contributed by atoms with Crippen LogP contribution in [-0.2, 0) is 20.1 Å². The average molecular weight is 429 g/mol. The zero-order valence-corrected chi connectivity index (χ0v) is 16.4. The van der Waals surface area contributed by atoms with Crippen LogP contribution >= 0.6 is 24.0 Å². The number of aliphatic imine (C=N–C) groups is 1. The van der Waals surface area contributed by atoms with Gasteiger partial charge in [-0.2, -0.15) is 5.10 Å². The van der Waals surface area contributed by atoms with Crippen LogP contribution in [-0.4, -0.2) is 44.2 Å². The van der Waals surface area contributed by atoms with E-state index in [0.29, 0.717) is 13.1 Å². The molecule has 23 heavy (non-hydrogen) atoms. The number of hydrogen-bond acceptors (Lipinski definition) is 4. The number of nitrogens with zero attached hydrogens (tertiary/aromatic N) is 6. The molecule has 0 aliphatic rings. The SMILES string of the molecule is CCNC(=NCc1ncccc1C)N(C)Cc1ncnn1C.I. The summed E-state index contributed by atoms with van der Waals surface area (Å²) in [6, 6.07) is 3.99. The van der Waals surface area contributed by atoms with E-state index >= 15 is 0 Å². The van der Waals surface area contributed by atoms with Gasteiger partial charge >= 0.3 is 0 Å². The van der Waals surface area contributed by atoms with Gasteiger partial charge in [0.05, 0.1) is 18.8 Å². The summed E-state index contributed by atoms with van der Waals surface area (Å²) in [6.07, 6.45) is 3.36. The van der Waals surface area contributed by atoms with Crippen molar-refractivity contribution in [2.75, 3.05) is 13.6 Å². The van der Waals surface area contributed by atoms with Gasteiger partial charge in [-0.3, -0.25) is 9.67 Å². The van der Waals surface area contributed by atoms with Crippen molar-refractivity contribution in [3.8, 4) is 0 Å². The maximum absolute atomic E-state index is 4.67. The Kier molecular flexibility index (Phi) is 7.93. The van der Waals surface area contributed by atoms with Crippen molar-refractivity contribution in [2.45, 2.75) is 26.9 Å². The zero-order valence-electron chi connectivity index (χ0n) is 14.0. The molecule has 0 saturated heterocycles. The fourth-order valence-electron chi connectivity index (χ4n) is 2.05. The number of aromatic nitrogens is 4. The van der Waals surface area contributed by atoms with Gasteiger partial charge in [-0.1, -0.05) is 6.07 Å². The lowest BCUT2D eigenvalue weighted by atomic mass is 10.2. The zero-order chi connectivity index (χ0) is 15.9. The van der Waals surface area contributed by atoms with Crippen molar-refractivity contribution in [1.82, 2.24) is 30.0 Å². The fraction of sp³-hybridized carbons (Fsp3) is 0.467. The van der Waals surface area contributed by atoms with E-state index in [-0.39, 0.29) is 24.0 Å². The summed E-state index contributed by atoms with van der Waals surface area (Å²) in [4.78, 5) is 15.3. The minimum atomic E-state index is 0. The van der Waals surface area contributed by atoms with Crippen LogP contribution < -0.4 is 5.32 Å². The minimum Gasteiger partial charge on any atom is -0.357 e. The number of aryl methyl sites for hydroxylation is 2. The van der Waals surface area contributed by atoms with Crippen LogP contribution in [0.3, 0.4) is 0 Å². The Hall–Kier alpha value is -1.71. The number of guanidine groups is 1. The molecule has 0 aliphatic carbocycles. The summed E-state index contributed by atoms with van der Waals surface area (Å²) in [5, 5.41) is 7.38. The predicted molar refractivity (Wildman–Crippen MR) is 102 cm³/mol. The normalized spacial score (nSPS) is 11.0. The monoisotopic (exact) mass is 429 g/mol. The first-order valence-electron chi connectivity index (χ1n) is 7.34. The van der Waals surface area contributed by atoms with E-state index in [1.807, 2.05) is 38.1 Å². The minimum absolute atomic E-state index is 0. The summed E-state index contributed by atoms with van der Waals surface area (Å²) in [5.74, 6) is 1.72. The molecule has 0 spiro atoms. The molecule has 7 nitrogen and oxygen atoms in total. The number of hydrogen-bond donors (Lipinski definition) is 1. The summed E-state index contributed by atoms with van der Waals surface area (Å²) >= 11 is 0. The molecule has 0 unspecified atom stereocenters. The maximum atomic E-state index is 4.67. The molecule has 0 aliphatic heterocycles. The summed E-state index contributed by atoms with van der Waals surface area (Å²) in [7, 11) is 3.87. The van der Waals surface area contributed by atoms with Crippen molar-refractivity contribution in [3.05, 3.63) is 41.7 Å². The first-order chi connectivity index (χ1) is 10.6. The molecule has 0 saturated carbocycles. The highest BCUT2D eigenvalue weighted by molar-refractivity contribution is 14.0. The topological polar surface area (TPSA) is 71.2 Å². The van der Waals surface area contributed by atoms with E-state index in [1.165, 1.54) is 0 Å². The highest BCUT2D eigenvalue weighted by atomic mass is 127. The molecule has 0 aromatic carbocycles. The van der Waals surface area contributed by atoms with Gasteiger partial charge < -0.3 is 10.2 Å². The first kappa shape index (κ1) is 19.3. The third-order valence-electron chi connectivity index (χ3n) is 3.38. The van der Waals surface area contributed by atoms with Crippen LogP contribution in [0.4, 0.5) is 0 Å². The van der Waals surface area contributed by atoms with Crippen LogP contribution in [0.15, 0.2) is 29.6 Å². The smallest absolute Gasteiger partial charge is 0.194 e. The van der Waals surface area contributed by atoms with Crippen LogP contribution in [0, 0.1) is 6.92 Å². The second kappa shape index (κ2) is 9.43. The Morgan fingerprint density at radius 1 is 1.39 bits per heavy atom. The van der Waals surface area contributed by atoms with Crippen LogP contribution in [0.1, 0.15) is 24.0 Å². The van der Waals surface area contributed by atoms with Gasteiger partial charge in [0.25, 0.3) is 0 Å². The van der Waals surface area contributed by atoms with Crippen molar-refractivity contribution < 1.29 is 0 Å². The van der Waals surface area contributed by atoms with Crippen LogP contribution in [0.2, 0.25) is 0 Å². The summed E-state index contributed by atoms with van der Waals surface area (Å²) < 4.78 is 1.77. The van der Waals surface area contributed by atoms with Gasteiger partial charge in [-0.05, 0) is 25.5 Å². The molecule has 0 radical (unpaired) electrons. The Balaban J connectivity index is 0.00000264. The average Bonchev–Trinajstić information content (AvgIpc) is 2.90. The van der Waals surface area contributed by atoms with Crippen molar-refractivity contribution in [2.24, 2.45) is 12.0 Å². The lowest BCUT2D eigenvalue weighted by Crippen LogP contribution is -2.39. The quantitative estimate of drug-likeness (QED) is 0.446. The largest absolute Gasteiger partial charge is 0.357 e. The molecule has 0 amide bonds. The Bertz CT molecular complexity index is 638. The van der Waals surface area contributed by atoms with E-state index in [9.17, 15) is 0 Å². The van der Waals surface area contributed by atoms with E-state index in [1.54, 1.807) is 17.2 Å². The van der Waals surface area contributed by atoms with E-state index in [0.717, 1.165) is 29.6 Å². The molecule has 8 heteroatoms. The Morgan fingerprint density at radius 2 is 2.17 bits per heavy atom. The molecule has 126 valence electrons. The van der Waals surface area contributed by atoms with Crippen LogP contribution in [0.25, 0.3) is 0 Å². The summed E-state index contributed by atoms with van der Waals surface area (Å²) in [6.45, 7) is 6.11. The van der Waals surface area contributed by atoms with Crippen molar-refractivity contribution in [3.63, 3.8) is 0 Å². The lowest BCUT2D eigenvalue weighted by molar-refractivity contribution is 0.448. The van der Waals surface area contributed by atoms with E-state index in [4.69, 9.17) is 0 Å². The van der Waals surface area contributed by atoms with Gasteiger partial charge in [0.2, 0.25) is 0 Å². The van der Waals surface area contributed by atoms with Gasteiger partial charge in [0.15, 0.2) is 5.96 Å². The van der Waals surface area contributed by atoms with Crippen molar-refractivity contribution in [1.29, 1.82) is 0 Å². The maximum Gasteiger partial charge on any atom is 0.194 e. The number of rotatable bonds is 5. The molecular formula is C15H24IN7. The van der Waals surface area contributed by atoms with E-state index < -0.39 is 0 Å². The van der Waals surface area contributed by atoms with Crippen molar-refractivity contribution >= 4 is 29.9 Å². The Labute approximate surface area is 154 Å². The number of halogens is 1. The Morgan fingerprint density at radius 3 is 2.78 bits per heavy atom. The molecule has 1 N–H and O–H groups in total. The highest BCUT2D eigenvalue weighted by Gasteiger charge is 2.10. The van der Waals surface area contributed by atoms with Crippen LogP contribution in [0.5, 0.6) is 0 Å². The molecule has 0 fully saturated rings. The third-order valence-corrected chi connectivity index (χ3v) is 3.38. The molecule has 0 bridgehead atoms. The number of nitrogens with one attached hydrogen (secondary N) is 1. The van der Waals surface area contributed by atoms with Gasteiger partial charge in [0.1, 0.15) is 12.2 Å². The molecule has 2 rings (SSSR count). The molecule has 0 atom stereocenters. The molecular weight excluding hydrogens is 405 g/mol. The first-order valence-corrected chi connectivity index (χ1v) is 7.34. The number of pyridine rings is 1. The highest BCUT2D eigenvalue weighted by Crippen LogP contribution is 2.05. The van der Waals surface area contributed by atoms with Gasteiger partial charge in [-0.15, -0.1) is 24.0 Å². The van der Waals surface area contributed by atoms with Gasteiger partial charge in [0, 0.05) is 26.8 Å². The predicted octanol–water partition coefficient (Wildman–Crippen LogP) is 1.73. The summed E-state index contributed by atoms with van der Waals surface area (Å²) in [5.41, 5.74) is 2.14. The fourth-order valence-corrected chi connectivity index (χ4v) is 2.05. The van der Waals surface area contributed by atoms with E-state index in [2.05, 4.69) is 32.3 Å². The van der Waals surface area contributed by atoms with Gasteiger partial charge in [-0.25, -0.2) is 9.98 Å². The molecule has 2 aromatic rings. The molecule has 2 aromatic heterocycles. The standard InChI is InChI=1S/C15H23N7.HI/c1-5-16-15(18-9-13-12(2)7-6-8-17-13)21(3)10-14-19-11-20-22(14)4;/h6-8,11H,5,9-10H2,1-4H3,(H,16,18);1H. The lowest BCUT2D eigenvalue weighted by Gasteiger charge is -2.21. The molecule has 2 heterocycles. The second-order valence-electron chi connectivity index (χ2n) is 5.09. The second-order valence-corrected chi connectivity index (χ2v) is 5.09. The third kappa shape index (κ3) is 5.45.